The lowest BCUT2D eigenvalue weighted by atomic mass is 10.0. The van der Waals surface area contributed by atoms with E-state index >= 15 is 0 Å². The maximum atomic E-state index is 12.5. The first-order valence-electron chi connectivity index (χ1n) is 6.91. The summed E-state index contributed by atoms with van der Waals surface area (Å²) in [6.45, 7) is 10.8. The van der Waals surface area contributed by atoms with Crippen LogP contribution < -0.4 is 5.32 Å². The second-order valence-corrected chi connectivity index (χ2v) is 6.88. The van der Waals surface area contributed by atoms with E-state index in [1.165, 1.54) is 0 Å². The second-order valence-electron chi connectivity index (χ2n) is 6.88. The van der Waals surface area contributed by atoms with E-state index in [1.807, 2.05) is 6.92 Å². The SMILES string of the molecule is CC(NC1C(C)(C)C1(C)C)c1ccc(C(F)(F)F)cc1. The molecule has 1 nitrogen and oxygen atoms in total. The van der Waals surface area contributed by atoms with Crippen LogP contribution in [0, 0.1) is 10.8 Å². The van der Waals surface area contributed by atoms with Crippen molar-refractivity contribution in [2.45, 2.75) is 52.9 Å². The molecule has 4 heteroatoms. The molecule has 0 radical (unpaired) electrons. The fraction of sp³-hybridized carbons (Fsp3) is 0.625. The third kappa shape index (κ3) is 2.46. The van der Waals surface area contributed by atoms with Gasteiger partial charge >= 0.3 is 6.18 Å². The minimum absolute atomic E-state index is 0.0448. The number of alkyl halides is 3. The summed E-state index contributed by atoms with van der Waals surface area (Å²) in [4.78, 5) is 0. The molecule has 20 heavy (non-hydrogen) atoms. The molecule has 0 saturated heterocycles. The van der Waals surface area contributed by atoms with Crippen LogP contribution in [0.5, 0.6) is 0 Å². The number of hydrogen-bond acceptors (Lipinski definition) is 1. The van der Waals surface area contributed by atoms with Crippen molar-refractivity contribution in [3.8, 4) is 0 Å². The van der Waals surface area contributed by atoms with Gasteiger partial charge in [0, 0.05) is 12.1 Å². The first kappa shape index (κ1) is 15.4. The molecule has 1 aromatic rings. The Balaban J connectivity index is 2.06. The summed E-state index contributed by atoms with van der Waals surface area (Å²) < 4.78 is 37.6. The van der Waals surface area contributed by atoms with Gasteiger partial charge in [-0.2, -0.15) is 13.2 Å². The zero-order valence-corrected chi connectivity index (χ0v) is 12.6. The summed E-state index contributed by atoms with van der Waals surface area (Å²) in [6.07, 6.45) is -4.27. The number of hydrogen-bond donors (Lipinski definition) is 1. The Hall–Kier alpha value is -1.03. The highest BCUT2D eigenvalue weighted by atomic mass is 19.4. The Bertz CT molecular complexity index is 471. The molecule has 1 saturated carbocycles. The van der Waals surface area contributed by atoms with Crippen molar-refractivity contribution in [2.24, 2.45) is 10.8 Å². The molecular formula is C16H22F3N. The maximum absolute atomic E-state index is 12.5. The van der Waals surface area contributed by atoms with Crippen LogP contribution in [-0.2, 0) is 6.18 Å². The van der Waals surface area contributed by atoms with Gasteiger partial charge in [-0.25, -0.2) is 0 Å². The zero-order valence-electron chi connectivity index (χ0n) is 12.6. The van der Waals surface area contributed by atoms with E-state index in [2.05, 4.69) is 33.0 Å². The molecule has 0 aromatic heterocycles. The van der Waals surface area contributed by atoms with E-state index in [4.69, 9.17) is 0 Å². The largest absolute Gasteiger partial charge is 0.416 e. The van der Waals surface area contributed by atoms with E-state index in [0.29, 0.717) is 6.04 Å². The Morgan fingerprint density at radius 2 is 1.45 bits per heavy atom. The van der Waals surface area contributed by atoms with Crippen molar-refractivity contribution in [3.05, 3.63) is 35.4 Å². The topological polar surface area (TPSA) is 12.0 Å². The highest BCUT2D eigenvalue weighted by Gasteiger charge is 2.64. The molecular weight excluding hydrogens is 263 g/mol. The average Bonchev–Trinajstić information content (AvgIpc) is 2.71. The van der Waals surface area contributed by atoms with Gasteiger partial charge in [0.25, 0.3) is 0 Å². The van der Waals surface area contributed by atoms with Crippen LogP contribution in [0.2, 0.25) is 0 Å². The predicted octanol–water partition coefficient (Wildman–Crippen LogP) is 4.79. The monoisotopic (exact) mass is 285 g/mol. The lowest BCUT2D eigenvalue weighted by Crippen LogP contribution is -2.25. The Morgan fingerprint density at radius 3 is 1.80 bits per heavy atom. The second kappa shape index (κ2) is 4.48. The Morgan fingerprint density at radius 1 is 1.00 bits per heavy atom. The molecule has 1 aliphatic carbocycles. The molecule has 1 N–H and O–H groups in total. The van der Waals surface area contributed by atoms with E-state index in [0.717, 1.165) is 17.7 Å². The van der Waals surface area contributed by atoms with Gasteiger partial charge in [-0.15, -0.1) is 0 Å². The number of halogens is 3. The third-order valence-electron chi connectivity index (χ3n) is 5.18. The first-order valence-corrected chi connectivity index (χ1v) is 6.91. The van der Waals surface area contributed by atoms with Crippen LogP contribution in [-0.4, -0.2) is 6.04 Å². The standard InChI is InChI=1S/C16H22F3N/c1-10(20-13-14(2,3)15(13,4)5)11-6-8-12(9-7-11)16(17,18)19/h6-10,13,20H,1-5H3. The number of benzene rings is 1. The molecule has 0 heterocycles. The Kier molecular flexibility index (Phi) is 3.44. The van der Waals surface area contributed by atoms with Crippen LogP contribution >= 0.6 is 0 Å². The van der Waals surface area contributed by atoms with Gasteiger partial charge in [0.1, 0.15) is 0 Å². The normalized spacial score (nSPS) is 22.6. The van der Waals surface area contributed by atoms with Crippen molar-refractivity contribution in [2.75, 3.05) is 0 Å². The lowest BCUT2D eigenvalue weighted by Gasteiger charge is -2.17. The lowest BCUT2D eigenvalue weighted by molar-refractivity contribution is -0.137. The summed E-state index contributed by atoms with van der Waals surface area (Å²) in [5.74, 6) is 0. The quantitative estimate of drug-likeness (QED) is 0.842. The summed E-state index contributed by atoms with van der Waals surface area (Å²) in [7, 11) is 0. The van der Waals surface area contributed by atoms with E-state index in [9.17, 15) is 13.2 Å². The molecule has 1 aromatic carbocycles. The number of rotatable bonds is 3. The summed E-state index contributed by atoms with van der Waals surface area (Å²) in [6, 6.07) is 5.84. The van der Waals surface area contributed by atoms with Gasteiger partial charge in [-0.3, -0.25) is 0 Å². The van der Waals surface area contributed by atoms with Crippen LogP contribution in [0.15, 0.2) is 24.3 Å². The average molecular weight is 285 g/mol. The van der Waals surface area contributed by atoms with Gasteiger partial charge in [0.15, 0.2) is 0 Å². The fourth-order valence-corrected chi connectivity index (χ4v) is 2.92. The molecule has 1 atom stereocenters. The molecule has 112 valence electrons. The van der Waals surface area contributed by atoms with Crippen molar-refractivity contribution in [1.82, 2.24) is 5.32 Å². The minimum atomic E-state index is -4.27. The zero-order chi connectivity index (χ0) is 15.3. The van der Waals surface area contributed by atoms with Crippen LogP contribution in [0.3, 0.4) is 0 Å². The van der Waals surface area contributed by atoms with E-state index < -0.39 is 11.7 Å². The highest BCUT2D eigenvalue weighted by molar-refractivity contribution is 5.28. The summed E-state index contributed by atoms with van der Waals surface area (Å²) in [5.41, 5.74) is 0.720. The molecule has 1 aliphatic rings. The van der Waals surface area contributed by atoms with Gasteiger partial charge in [0.05, 0.1) is 5.56 Å². The minimum Gasteiger partial charge on any atom is -0.306 e. The predicted molar refractivity (Wildman–Crippen MR) is 74.3 cm³/mol. The van der Waals surface area contributed by atoms with E-state index in [-0.39, 0.29) is 16.9 Å². The molecule has 0 aliphatic heterocycles. The van der Waals surface area contributed by atoms with Gasteiger partial charge in [0.2, 0.25) is 0 Å². The van der Waals surface area contributed by atoms with Crippen LogP contribution in [0.4, 0.5) is 13.2 Å². The molecule has 0 spiro atoms. The molecule has 1 unspecified atom stereocenters. The fourth-order valence-electron chi connectivity index (χ4n) is 2.92. The van der Waals surface area contributed by atoms with Crippen molar-refractivity contribution < 1.29 is 13.2 Å². The van der Waals surface area contributed by atoms with Gasteiger partial charge < -0.3 is 5.32 Å². The Labute approximate surface area is 118 Å². The molecule has 0 amide bonds. The molecule has 2 rings (SSSR count). The summed E-state index contributed by atoms with van der Waals surface area (Å²) >= 11 is 0. The number of nitrogens with one attached hydrogen (secondary N) is 1. The summed E-state index contributed by atoms with van der Waals surface area (Å²) in [5, 5.41) is 3.53. The highest BCUT2D eigenvalue weighted by Crippen LogP contribution is 2.63. The van der Waals surface area contributed by atoms with Crippen LogP contribution in [0.1, 0.15) is 51.8 Å². The van der Waals surface area contributed by atoms with Crippen LogP contribution in [0.25, 0.3) is 0 Å². The van der Waals surface area contributed by atoms with Crippen molar-refractivity contribution in [1.29, 1.82) is 0 Å². The smallest absolute Gasteiger partial charge is 0.306 e. The first-order chi connectivity index (χ1) is 8.98. The van der Waals surface area contributed by atoms with Gasteiger partial charge in [-0.1, -0.05) is 39.8 Å². The van der Waals surface area contributed by atoms with E-state index in [1.54, 1.807) is 12.1 Å². The molecule has 1 fully saturated rings. The van der Waals surface area contributed by atoms with Crippen molar-refractivity contribution >= 4 is 0 Å². The van der Waals surface area contributed by atoms with Crippen molar-refractivity contribution in [3.63, 3.8) is 0 Å². The third-order valence-corrected chi connectivity index (χ3v) is 5.18. The maximum Gasteiger partial charge on any atom is 0.416 e. The van der Waals surface area contributed by atoms with Gasteiger partial charge in [-0.05, 0) is 35.4 Å². The molecule has 0 bridgehead atoms.